The van der Waals surface area contributed by atoms with Gasteiger partial charge in [-0.05, 0) is 36.6 Å². The summed E-state index contributed by atoms with van der Waals surface area (Å²) in [5, 5.41) is 0. The van der Waals surface area contributed by atoms with E-state index in [1.165, 1.54) is 5.56 Å². The second kappa shape index (κ2) is 4.97. The van der Waals surface area contributed by atoms with Crippen LogP contribution in [0.2, 0.25) is 0 Å². The summed E-state index contributed by atoms with van der Waals surface area (Å²) in [6.07, 6.45) is 3.88. The standard InChI is InChI=1S/C11H18N2/c1-9(2)7-10-4-6-13-11(8-10)3-5-12/h4,6,8-9H,3,5,7,12H2,1-2H3. The van der Waals surface area contributed by atoms with E-state index >= 15 is 0 Å². The molecule has 0 aliphatic heterocycles. The minimum Gasteiger partial charge on any atom is -0.330 e. The van der Waals surface area contributed by atoms with Crippen molar-refractivity contribution >= 4 is 0 Å². The molecule has 0 fully saturated rings. The van der Waals surface area contributed by atoms with E-state index < -0.39 is 0 Å². The Balaban J connectivity index is 2.67. The Morgan fingerprint density at radius 2 is 2.23 bits per heavy atom. The summed E-state index contributed by atoms with van der Waals surface area (Å²) >= 11 is 0. The molecule has 0 radical (unpaired) electrons. The number of hydrogen-bond acceptors (Lipinski definition) is 2. The lowest BCUT2D eigenvalue weighted by Gasteiger charge is -2.05. The summed E-state index contributed by atoms with van der Waals surface area (Å²) in [6.45, 7) is 5.13. The van der Waals surface area contributed by atoms with Crippen molar-refractivity contribution in [2.24, 2.45) is 11.7 Å². The van der Waals surface area contributed by atoms with E-state index in [0.717, 1.165) is 18.5 Å². The Labute approximate surface area is 80.2 Å². The third kappa shape index (κ3) is 3.55. The first-order chi connectivity index (χ1) is 6.22. The molecule has 72 valence electrons. The van der Waals surface area contributed by atoms with Crippen LogP contribution >= 0.6 is 0 Å². The zero-order valence-electron chi connectivity index (χ0n) is 8.46. The summed E-state index contributed by atoms with van der Waals surface area (Å²) in [5.41, 5.74) is 7.95. The average Bonchev–Trinajstić information content (AvgIpc) is 2.04. The lowest BCUT2D eigenvalue weighted by molar-refractivity contribution is 0.645. The van der Waals surface area contributed by atoms with Crippen molar-refractivity contribution < 1.29 is 0 Å². The minimum absolute atomic E-state index is 0.679. The number of nitrogens with two attached hydrogens (primary N) is 1. The highest BCUT2D eigenvalue weighted by Gasteiger charge is 1.99. The summed E-state index contributed by atoms with van der Waals surface area (Å²) < 4.78 is 0. The molecule has 1 heterocycles. The van der Waals surface area contributed by atoms with Crippen LogP contribution < -0.4 is 5.73 Å². The lowest BCUT2D eigenvalue weighted by Crippen LogP contribution is -2.05. The van der Waals surface area contributed by atoms with Crippen LogP contribution in [0.25, 0.3) is 0 Å². The van der Waals surface area contributed by atoms with E-state index in [4.69, 9.17) is 5.73 Å². The first-order valence-corrected chi connectivity index (χ1v) is 4.86. The van der Waals surface area contributed by atoms with Gasteiger partial charge in [-0.15, -0.1) is 0 Å². The van der Waals surface area contributed by atoms with Crippen LogP contribution in [0.4, 0.5) is 0 Å². The van der Waals surface area contributed by atoms with E-state index in [2.05, 4.69) is 31.0 Å². The van der Waals surface area contributed by atoms with Gasteiger partial charge in [0.25, 0.3) is 0 Å². The second-order valence-electron chi connectivity index (χ2n) is 3.79. The molecule has 0 atom stereocenters. The summed E-state index contributed by atoms with van der Waals surface area (Å²) in [5.74, 6) is 0.702. The van der Waals surface area contributed by atoms with E-state index in [-0.39, 0.29) is 0 Å². The van der Waals surface area contributed by atoms with Gasteiger partial charge < -0.3 is 5.73 Å². The SMILES string of the molecule is CC(C)Cc1ccnc(CCN)c1. The molecule has 0 aliphatic rings. The van der Waals surface area contributed by atoms with Crippen molar-refractivity contribution in [3.63, 3.8) is 0 Å². The fourth-order valence-corrected chi connectivity index (χ4v) is 1.41. The Bertz CT molecular complexity index is 256. The van der Waals surface area contributed by atoms with Crippen LogP contribution in [0, 0.1) is 5.92 Å². The average molecular weight is 178 g/mol. The molecule has 0 saturated heterocycles. The Hall–Kier alpha value is -0.890. The summed E-state index contributed by atoms with van der Waals surface area (Å²) in [7, 11) is 0. The van der Waals surface area contributed by atoms with Gasteiger partial charge in [0.2, 0.25) is 0 Å². The van der Waals surface area contributed by atoms with E-state index in [9.17, 15) is 0 Å². The predicted molar refractivity (Wildman–Crippen MR) is 55.5 cm³/mol. The quantitative estimate of drug-likeness (QED) is 0.763. The number of rotatable bonds is 4. The third-order valence-corrected chi connectivity index (χ3v) is 1.93. The van der Waals surface area contributed by atoms with Crippen molar-refractivity contribution in [1.82, 2.24) is 4.98 Å². The van der Waals surface area contributed by atoms with Crippen LogP contribution in [0.5, 0.6) is 0 Å². The Kier molecular flexibility index (Phi) is 3.90. The molecule has 1 rings (SSSR count). The molecule has 2 N–H and O–H groups in total. The Morgan fingerprint density at radius 3 is 2.85 bits per heavy atom. The monoisotopic (exact) mass is 178 g/mol. The lowest BCUT2D eigenvalue weighted by atomic mass is 10.0. The zero-order valence-corrected chi connectivity index (χ0v) is 8.46. The van der Waals surface area contributed by atoms with E-state index in [1.54, 1.807) is 0 Å². The fourth-order valence-electron chi connectivity index (χ4n) is 1.41. The molecule has 1 aromatic heterocycles. The van der Waals surface area contributed by atoms with Gasteiger partial charge in [-0.2, -0.15) is 0 Å². The highest BCUT2D eigenvalue weighted by molar-refractivity contribution is 5.17. The number of nitrogens with zero attached hydrogens (tertiary/aromatic N) is 1. The van der Waals surface area contributed by atoms with Crippen molar-refractivity contribution in [3.05, 3.63) is 29.6 Å². The van der Waals surface area contributed by atoms with Gasteiger partial charge in [0.1, 0.15) is 0 Å². The first-order valence-electron chi connectivity index (χ1n) is 4.86. The van der Waals surface area contributed by atoms with Crippen LogP contribution in [0.15, 0.2) is 18.3 Å². The van der Waals surface area contributed by atoms with E-state index in [0.29, 0.717) is 12.5 Å². The minimum atomic E-state index is 0.679. The maximum absolute atomic E-state index is 5.47. The molecular formula is C11H18N2. The van der Waals surface area contributed by atoms with Gasteiger partial charge in [0, 0.05) is 18.3 Å². The number of pyridine rings is 1. The van der Waals surface area contributed by atoms with Gasteiger partial charge in [-0.3, -0.25) is 4.98 Å². The Morgan fingerprint density at radius 1 is 1.46 bits per heavy atom. The van der Waals surface area contributed by atoms with Gasteiger partial charge in [-0.1, -0.05) is 13.8 Å². The molecule has 0 bridgehead atoms. The second-order valence-corrected chi connectivity index (χ2v) is 3.79. The summed E-state index contributed by atoms with van der Waals surface area (Å²) in [6, 6.07) is 4.24. The first kappa shape index (κ1) is 10.2. The molecule has 0 saturated carbocycles. The highest BCUT2D eigenvalue weighted by atomic mass is 14.7. The molecule has 0 aromatic carbocycles. The fraction of sp³-hybridized carbons (Fsp3) is 0.545. The van der Waals surface area contributed by atoms with Crippen molar-refractivity contribution in [1.29, 1.82) is 0 Å². The highest BCUT2D eigenvalue weighted by Crippen LogP contribution is 2.08. The van der Waals surface area contributed by atoms with Crippen molar-refractivity contribution in [2.45, 2.75) is 26.7 Å². The molecular weight excluding hydrogens is 160 g/mol. The van der Waals surface area contributed by atoms with Gasteiger partial charge in [-0.25, -0.2) is 0 Å². The third-order valence-electron chi connectivity index (χ3n) is 1.93. The molecule has 1 aromatic rings. The van der Waals surface area contributed by atoms with Crippen molar-refractivity contribution in [2.75, 3.05) is 6.54 Å². The predicted octanol–water partition coefficient (Wildman–Crippen LogP) is 1.78. The van der Waals surface area contributed by atoms with E-state index in [1.807, 2.05) is 6.20 Å². The van der Waals surface area contributed by atoms with Crippen LogP contribution in [-0.2, 0) is 12.8 Å². The molecule has 0 aliphatic carbocycles. The normalized spacial score (nSPS) is 10.8. The molecule has 2 nitrogen and oxygen atoms in total. The van der Waals surface area contributed by atoms with Crippen LogP contribution in [0.3, 0.4) is 0 Å². The van der Waals surface area contributed by atoms with Crippen molar-refractivity contribution in [3.8, 4) is 0 Å². The largest absolute Gasteiger partial charge is 0.330 e. The molecule has 0 unspecified atom stereocenters. The topological polar surface area (TPSA) is 38.9 Å². The summed E-state index contributed by atoms with van der Waals surface area (Å²) in [4.78, 5) is 4.26. The number of hydrogen-bond donors (Lipinski definition) is 1. The molecule has 13 heavy (non-hydrogen) atoms. The molecule has 0 spiro atoms. The molecule has 0 amide bonds. The smallest absolute Gasteiger partial charge is 0.0418 e. The maximum Gasteiger partial charge on any atom is 0.0418 e. The van der Waals surface area contributed by atoms with Crippen LogP contribution in [0.1, 0.15) is 25.1 Å². The maximum atomic E-state index is 5.47. The number of aromatic nitrogens is 1. The van der Waals surface area contributed by atoms with Gasteiger partial charge >= 0.3 is 0 Å². The van der Waals surface area contributed by atoms with Gasteiger partial charge in [0.15, 0.2) is 0 Å². The molecule has 2 heteroatoms. The van der Waals surface area contributed by atoms with Gasteiger partial charge in [0.05, 0.1) is 0 Å². The zero-order chi connectivity index (χ0) is 9.68. The van der Waals surface area contributed by atoms with Crippen LogP contribution in [-0.4, -0.2) is 11.5 Å².